The van der Waals surface area contributed by atoms with Crippen molar-refractivity contribution in [1.29, 1.82) is 0 Å². The molecule has 3 nitrogen and oxygen atoms in total. The second-order valence-electron chi connectivity index (χ2n) is 7.55. The summed E-state index contributed by atoms with van der Waals surface area (Å²) >= 11 is 0. The van der Waals surface area contributed by atoms with Crippen LogP contribution in [0.1, 0.15) is 63.0 Å². The molecular weight excluding hydrogens is 312 g/mol. The predicted octanol–water partition coefficient (Wildman–Crippen LogP) is 4.40. The van der Waals surface area contributed by atoms with E-state index < -0.39 is 6.10 Å². The fourth-order valence-electron chi connectivity index (χ4n) is 4.47. The highest BCUT2D eigenvalue weighted by atomic mass is 16.5. The van der Waals surface area contributed by atoms with Gasteiger partial charge in [-0.2, -0.15) is 0 Å². The van der Waals surface area contributed by atoms with E-state index in [1.807, 2.05) is 36.4 Å². The number of rotatable bonds is 10. The topological polar surface area (TPSA) is 49.7 Å². The Balaban J connectivity index is 1.51. The molecule has 1 unspecified atom stereocenters. The van der Waals surface area contributed by atoms with Gasteiger partial charge in [-0.15, -0.1) is 0 Å². The first-order valence-electron chi connectivity index (χ1n) is 9.97. The van der Waals surface area contributed by atoms with E-state index in [-0.39, 0.29) is 0 Å². The fraction of sp³-hybridized carbons (Fsp3) is 0.636. The third-order valence-electron chi connectivity index (χ3n) is 5.84. The van der Waals surface area contributed by atoms with Gasteiger partial charge in [0.2, 0.25) is 0 Å². The van der Waals surface area contributed by atoms with Crippen LogP contribution in [-0.4, -0.2) is 29.0 Å². The lowest BCUT2D eigenvalue weighted by atomic mass is 9.76. The second-order valence-corrected chi connectivity index (χ2v) is 7.55. The number of ether oxygens (including phenoxy) is 1. The van der Waals surface area contributed by atoms with Gasteiger partial charge in [-0.1, -0.05) is 68.2 Å². The van der Waals surface area contributed by atoms with Crippen LogP contribution in [0.5, 0.6) is 0 Å². The van der Waals surface area contributed by atoms with E-state index in [1.165, 1.54) is 32.1 Å². The minimum Gasteiger partial charge on any atom is -0.396 e. The number of aliphatic hydroxyl groups is 2. The highest BCUT2D eigenvalue weighted by molar-refractivity contribution is 5.21. The number of aliphatic hydroxyl groups excluding tert-OH is 2. The Morgan fingerprint density at radius 3 is 2.52 bits per heavy atom. The molecule has 2 heterocycles. The lowest BCUT2D eigenvalue weighted by molar-refractivity contribution is 0.0884. The summed E-state index contributed by atoms with van der Waals surface area (Å²) in [6, 6.07) is 9.84. The standard InChI is InChI=1S/C22H32O3/c23-16-8-3-1-2-7-11-18-19(22-15-14-21(18)25-22)12-13-20(24)17-9-5-4-6-10-17/h4-6,9-10,12-13,18-24H,1-3,7-8,11,14-16H2/t18-,19+,20?,21-,22+/m1/s1. The molecule has 0 saturated carbocycles. The van der Waals surface area contributed by atoms with Gasteiger partial charge in [0.1, 0.15) is 0 Å². The molecule has 0 aliphatic carbocycles. The van der Waals surface area contributed by atoms with E-state index in [9.17, 15) is 5.11 Å². The number of benzene rings is 1. The summed E-state index contributed by atoms with van der Waals surface area (Å²) in [6.45, 7) is 0.316. The Morgan fingerprint density at radius 2 is 1.72 bits per heavy atom. The minimum absolute atomic E-state index is 0.316. The molecule has 1 aromatic rings. The molecule has 138 valence electrons. The molecule has 0 aromatic heterocycles. The van der Waals surface area contributed by atoms with Crippen LogP contribution in [0.3, 0.4) is 0 Å². The molecule has 5 atom stereocenters. The zero-order valence-electron chi connectivity index (χ0n) is 15.1. The normalized spacial score (nSPS) is 29.5. The summed E-state index contributed by atoms with van der Waals surface area (Å²) in [6.07, 6.45) is 13.8. The van der Waals surface area contributed by atoms with Crippen molar-refractivity contribution < 1.29 is 14.9 Å². The summed E-state index contributed by atoms with van der Waals surface area (Å²) in [4.78, 5) is 0. The summed E-state index contributed by atoms with van der Waals surface area (Å²) in [7, 11) is 0. The van der Waals surface area contributed by atoms with E-state index in [4.69, 9.17) is 9.84 Å². The van der Waals surface area contributed by atoms with E-state index >= 15 is 0 Å². The molecule has 2 aliphatic heterocycles. The van der Waals surface area contributed by atoms with E-state index in [0.717, 1.165) is 24.8 Å². The van der Waals surface area contributed by atoms with Crippen molar-refractivity contribution in [2.75, 3.05) is 6.61 Å². The smallest absolute Gasteiger partial charge is 0.0971 e. The van der Waals surface area contributed by atoms with Crippen molar-refractivity contribution in [2.24, 2.45) is 11.8 Å². The summed E-state index contributed by atoms with van der Waals surface area (Å²) in [5.41, 5.74) is 0.947. The Bertz CT molecular complexity index is 527. The lowest BCUT2D eigenvalue weighted by Gasteiger charge is -2.26. The monoisotopic (exact) mass is 344 g/mol. The molecule has 0 spiro atoms. The van der Waals surface area contributed by atoms with E-state index in [1.54, 1.807) is 0 Å². The molecule has 0 radical (unpaired) electrons. The summed E-state index contributed by atoms with van der Waals surface area (Å²) in [5.74, 6) is 1.06. The zero-order valence-corrected chi connectivity index (χ0v) is 15.1. The summed E-state index contributed by atoms with van der Waals surface area (Å²) < 4.78 is 6.17. The highest BCUT2D eigenvalue weighted by Crippen LogP contribution is 2.46. The predicted molar refractivity (Wildman–Crippen MR) is 100 cm³/mol. The van der Waals surface area contributed by atoms with Crippen LogP contribution in [0.15, 0.2) is 42.5 Å². The average molecular weight is 344 g/mol. The van der Waals surface area contributed by atoms with Gasteiger partial charge in [-0.25, -0.2) is 0 Å². The van der Waals surface area contributed by atoms with E-state index in [2.05, 4.69) is 6.08 Å². The van der Waals surface area contributed by atoms with Crippen molar-refractivity contribution in [3.63, 3.8) is 0 Å². The van der Waals surface area contributed by atoms with Crippen LogP contribution in [0.25, 0.3) is 0 Å². The Morgan fingerprint density at radius 1 is 1.00 bits per heavy atom. The Hall–Kier alpha value is -1.16. The van der Waals surface area contributed by atoms with Gasteiger partial charge in [0.15, 0.2) is 0 Å². The number of hydrogen-bond donors (Lipinski definition) is 2. The van der Waals surface area contributed by atoms with Gasteiger partial charge in [0.25, 0.3) is 0 Å². The maximum atomic E-state index is 10.4. The average Bonchev–Trinajstić information content (AvgIpc) is 3.25. The SMILES string of the molecule is OCCCCCCC[C@@H]1[C@H](C=CC(O)c2ccccc2)[C@@H]2CC[C@H]1O2. The third kappa shape index (κ3) is 4.93. The fourth-order valence-corrected chi connectivity index (χ4v) is 4.47. The van der Waals surface area contributed by atoms with Gasteiger partial charge in [-0.3, -0.25) is 0 Å². The first-order chi connectivity index (χ1) is 12.3. The Labute approximate surface area is 151 Å². The van der Waals surface area contributed by atoms with Crippen LogP contribution in [0.4, 0.5) is 0 Å². The number of fused-ring (bicyclic) bond motifs is 2. The van der Waals surface area contributed by atoms with Crippen molar-refractivity contribution in [3.8, 4) is 0 Å². The molecular formula is C22H32O3. The van der Waals surface area contributed by atoms with Crippen LogP contribution in [0.2, 0.25) is 0 Å². The molecule has 2 fully saturated rings. The first kappa shape index (κ1) is 18.6. The molecule has 3 rings (SSSR count). The zero-order chi connectivity index (χ0) is 17.5. The third-order valence-corrected chi connectivity index (χ3v) is 5.84. The maximum absolute atomic E-state index is 10.4. The largest absolute Gasteiger partial charge is 0.396 e. The molecule has 2 N–H and O–H groups in total. The lowest BCUT2D eigenvalue weighted by Crippen LogP contribution is -2.25. The molecule has 3 heteroatoms. The molecule has 2 bridgehead atoms. The summed E-state index contributed by atoms with van der Waals surface area (Å²) in [5, 5.41) is 19.2. The first-order valence-corrected chi connectivity index (χ1v) is 9.97. The van der Waals surface area contributed by atoms with Crippen LogP contribution in [-0.2, 0) is 4.74 Å². The van der Waals surface area contributed by atoms with Gasteiger partial charge >= 0.3 is 0 Å². The quantitative estimate of drug-likeness (QED) is 0.488. The van der Waals surface area contributed by atoms with Crippen molar-refractivity contribution in [3.05, 3.63) is 48.0 Å². The van der Waals surface area contributed by atoms with Crippen molar-refractivity contribution in [2.45, 2.75) is 69.7 Å². The molecule has 25 heavy (non-hydrogen) atoms. The van der Waals surface area contributed by atoms with E-state index in [0.29, 0.717) is 30.7 Å². The van der Waals surface area contributed by atoms with Crippen LogP contribution >= 0.6 is 0 Å². The van der Waals surface area contributed by atoms with Crippen LogP contribution < -0.4 is 0 Å². The van der Waals surface area contributed by atoms with Gasteiger partial charge < -0.3 is 14.9 Å². The maximum Gasteiger partial charge on any atom is 0.0971 e. The molecule has 2 saturated heterocycles. The minimum atomic E-state index is -0.528. The van der Waals surface area contributed by atoms with Gasteiger partial charge in [0.05, 0.1) is 18.3 Å². The molecule has 0 amide bonds. The second kappa shape index (κ2) is 9.51. The van der Waals surface area contributed by atoms with Crippen molar-refractivity contribution in [1.82, 2.24) is 0 Å². The van der Waals surface area contributed by atoms with Gasteiger partial charge in [-0.05, 0) is 37.2 Å². The molecule has 1 aromatic carbocycles. The van der Waals surface area contributed by atoms with Crippen molar-refractivity contribution >= 4 is 0 Å². The highest BCUT2D eigenvalue weighted by Gasteiger charge is 2.47. The van der Waals surface area contributed by atoms with Gasteiger partial charge in [0, 0.05) is 12.5 Å². The number of unbranched alkanes of at least 4 members (excludes halogenated alkanes) is 4. The van der Waals surface area contributed by atoms with Crippen LogP contribution in [0, 0.1) is 11.8 Å². The number of hydrogen-bond acceptors (Lipinski definition) is 3. The molecule has 2 aliphatic rings. The Kier molecular flexibility index (Phi) is 7.09.